The summed E-state index contributed by atoms with van der Waals surface area (Å²) in [6, 6.07) is 9.88. The molecule has 3 aromatic rings. The highest BCUT2D eigenvalue weighted by atomic mass is 16.5. The van der Waals surface area contributed by atoms with E-state index in [0.29, 0.717) is 0 Å². The molecular formula is C17H17N3O2. The summed E-state index contributed by atoms with van der Waals surface area (Å²) in [7, 11) is 0. The van der Waals surface area contributed by atoms with Crippen molar-refractivity contribution < 1.29 is 9.15 Å². The molecule has 0 bridgehead atoms. The number of rotatable bonds is 3. The zero-order chi connectivity index (χ0) is 14.8. The molecule has 0 atom stereocenters. The zero-order valence-electron chi connectivity index (χ0n) is 12.2. The van der Waals surface area contributed by atoms with Gasteiger partial charge in [0.1, 0.15) is 5.69 Å². The second kappa shape index (κ2) is 5.87. The summed E-state index contributed by atoms with van der Waals surface area (Å²) in [6.07, 6.45) is 3.51. The molecule has 0 amide bonds. The number of furan rings is 1. The Bertz CT molecular complexity index is 778. The maximum atomic E-state index is 5.68. The first-order chi connectivity index (χ1) is 10.9. The highest BCUT2D eigenvalue weighted by molar-refractivity contribution is 5.76. The van der Waals surface area contributed by atoms with E-state index >= 15 is 0 Å². The molecule has 3 heterocycles. The first-order valence-corrected chi connectivity index (χ1v) is 7.49. The highest BCUT2D eigenvalue weighted by Gasteiger charge is 2.16. The van der Waals surface area contributed by atoms with E-state index in [1.54, 1.807) is 12.5 Å². The molecule has 0 spiro atoms. The quantitative estimate of drug-likeness (QED) is 0.743. The Kier molecular flexibility index (Phi) is 3.58. The maximum absolute atomic E-state index is 5.68. The summed E-state index contributed by atoms with van der Waals surface area (Å²) >= 11 is 0. The Morgan fingerprint density at radius 2 is 1.86 bits per heavy atom. The SMILES string of the molecule is c1ccc2nc(-c3occc3CN3CCOCC3)cnc2c1. The predicted molar refractivity (Wildman–Crippen MR) is 83.3 cm³/mol. The first kappa shape index (κ1) is 13.4. The number of nitrogens with zero attached hydrogens (tertiary/aromatic N) is 3. The second-order valence-electron chi connectivity index (χ2n) is 5.41. The summed E-state index contributed by atoms with van der Waals surface area (Å²) < 4.78 is 11.1. The Morgan fingerprint density at radius 1 is 1.05 bits per heavy atom. The van der Waals surface area contributed by atoms with Gasteiger partial charge in [-0.2, -0.15) is 0 Å². The van der Waals surface area contributed by atoms with Crippen molar-refractivity contribution in [3.8, 4) is 11.5 Å². The van der Waals surface area contributed by atoms with Crippen LogP contribution in [0.3, 0.4) is 0 Å². The summed E-state index contributed by atoms with van der Waals surface area (Å²) in [5, 5.41) is 0. The van der Waals surface area contributed by atoms with E-state index < -0.39 is 0 Å². The Morgan fingerprint density at radius 3 is 2.73 bits per heavy atom. The van der Waals surface area contributed by atoms with E-state index in [1.807, 2.05) is 30.3 Å². The third-order valence-corrected chi connectivity index (χ3v) is 3.93. The van der Waals surface area contributed by atoms with Gasteiger partial charge in [-0.1, -0.05) is 12.1 Å². The molecule has 22 heavy (non-hydrogen) atoms. The fourth-order valence-corrected chi connectivity index (χ4v) is 2.75. The smallest absolute Gasteiger partial charge is 0.158 e. The third kappa shape index (κ3) is 2.61. The van der Waals surface area contributed by atoms with Gasteiger partial charge >= 0.3 is 0 Å². The number of para-hydroxylation sites is 2. The molecule has 5 heteroatoms. The normalized spacial score (nSPS) is 16.2. The number of aromatic nitrogens is 2. The molecule has 1 aliphatic rings. The van der Waals surface area contributed by atoms with Crippen molar-refractivity contribution in [2.45, 2.75) is 6.54 Å². The van der Waals surface area contributed by atoms with E-state index in [4.69, 9.17) is 9.15 Å². The van der Waals surface area contributed by atoms with Crippen molar-refractivity contribution in [2.75, 3.05) is 26.3 Å². The van der Waals surface area contributed by atoms with Gasteiger partial charge in [0.2, 0.25) is 0 Å². The van der Waals surface area contributed by atoms with E-state index in [-0.39, 0.29) is 0 Å². The summed E-state index contributed by atoms with van der Waals surface area (Å²) in [4.78, 5) is 11.5. The van der Waals surface area contributed by atoms with Gasteiger partial charge in [0, 0.05) is 25.2 Å². The van der Waals surface area contributed by atoms with Crippen LogP contribution >= 0.6 is 0 Å². The zero-order valence-corrected chi connectivity index (χ0v) is 12.2. The molecule has 0 aliphatic carbocycles. The Balaban J connectivity index is 1.65. The van der Waals surface area contributed by atoms with Gasteiger partial charge in [0.25, 0.3) is 0 Å². The number of ether oxygens (including phenoxy) is 1. The molecule has 5 nitrogen and oxygen atoms in total. The van der Waals surface area contributed by atoms with Crippen molar-refractivity contribution in [1.82, 2.24) is 14.9 Å². The minimum atomic E-state index is 0.784. The molecule has 1 fully saturated rings. The van der Waals surface area contributed by atoms with Crippen molar-refractivity contribution in [3.05, 3.63) is 48.4 Å². The average molecular weight is 295 g/mol. The number of benzene rings is 1. The van der Waals surface area contributed by atoms with Gasteiger partial charge in [0.15, 0.2) is 5.76 Å². The standard InChI is InChI=1S/C17H17N3O2/c1-2-4-15-14(3-1)18-11-16(19-15)17-13(5-8-22-17)12-20-6-9-21-10-7-20/h1-5,8,11H,6-7,9-10,12H2. The lowest BCUT2D eigenvalue weighted by atomic mass is 10.2. The van der Waals surface area contributed by atoms with Crippen LogP contribution in [0, 0.1) is 0 Å². The van der Waals surface area contributed by atoms with Crippen molar-refractivity contribution in [3.63, 3.8) is 0 Å². The van der Waals surface area contributed by atoms with Crippen LogP contribution in [0.2, 0.25) is 0 Å². The number of morpholine rings is 1. The van der Waals surface area contributed by atoms with E-state index in [1.165, 1.54) is 0 Å². The number of hydrogen-bond acceptors (Lipinski definition) is 5. The Labute approximate surface area is 128 Å². The van der Waals surface area contributed by atoms with Gasteiger partial charge in [0.05, 0.1) is 36.7 Å². The van der Waals surface area contributed by atoms with Crippen LogP contribution in [0.15, 0.2) is 47.2 Å². The van der Waals surface area contributed by atoms with Gasteiger partial charge in [-0.05, 0) is 18.2 Å². The van der Waals surface area contributed by atoms with Gasteiger partial charge in [-0.25, -0.2) is 4.98 Å². The lowest BCUT2D eigenvalue weighted by Gasteiger charge is -2.26. The average Bonchev–Trinajstić information content (AvgIpc) is 3.03. The van der Waals surface area contributed by atoms with Crippen LogP contribution in [-0.4, -0.2) is 41.2 Å². The molecule has 0 unspecified atom stereocenters. The Hall–Kier alpha value is -2.24. The second-order valence-corrected chi connectivity index (χ2v) is 5.41. The molecule has 0 N–H and O–H groups in total. The maximum Gasteiger partial charge on any atom is 0.158 e. The van der Waals surface area contributed by atoms with Crippen molar-refractivity contribution in [1.29, 1.82) is 0 Å². The monoisotopic (exact) mass is 295 g/mol. The van der Waals surface area contributed by atoms with Crippen molar-refractivity contribution in [2.24, 2.45) is 0 Å². The van der Waals surface area contributed by atoms with E-state index in [2.05, 4.69) is 14.9 Å². The number of hydrogen-bond donors (Lipinski definition) is 0. The molecule has 0 radical (unpaired) electrons. The molecular weight excluding hydrogens is 278 g/mol. The fraction of sp³-hybridized carbons (Fsp3) is 0.294. The molecule has 4 rings (SSSR count). The molecule has 1 saturated heterocycles. The number of fused-ring (bicyclic) bond motifs is 1. The highest BCUT2D eigenvalue weighted by Crippen LogP contribution is 2.25. The fourth-order valence-electron chi connectivity index (χ4n) is 2.75. The molecule has 0 saturated carbocycles. The van der Waals surface area contributed by atoms with Crippen LogP contribution in [0.1, 0.15) is 5.56 Å². The first-order valence-electron chi connectivity index (χ1n) is 7.49. The van der Waals surface area contributed by atoms with Crippen LogP contribution in [0.25, 0.3) is 22.5 Å². The summed E-state index contributed by atoms with van der Waals surface area (Å²) in [5.41, 5.74) is 3.71. The van der Waals surface area contributed by atoms with Gasteiger partial charge in [-0.3, -0.25) is 9.88 Å². The van der Waals surface area contributed by atoms with Crippen LogP contribution in [0.5, 0.6) is 0 Å². The molecule has 1 aromatic carbocycles. The van der Waals surface area contributed by atoms with Crippen molar-refractivity contribution >= 4 is 11.0 Å². The summed E-state index contributed by atoms with van der Waals surface area (Å²) in [5.74, 6) is 0.810. The van der Waals surface area contributed by atoms with Crippen LogP contribution < -0.4 is 0 Å². The van der Waals surface area contributed by atoms with Crippen LogP contribution in [0.4, 0.5) is 0 Å². The lowest BCUT2D eigenvalue weighted by Crippen LogP contribution is -2.35. The molecule has 112 valence electrons. The molecule has 1 aliphatic heterocycles. The van der Waals surface area contributed by atoms with Gasteiger partial charge in [-0.15, -0.1) is 0 Å². The van der Waals surface area contributed by atoms with E-state index in [9.17, 15) is 0 Å². The topological polar surface area (TPSA) is 51.4 Å². The van der Waals surface area contributed by atoms with Gasteiger partial charge < -0.3 is 9.15 Å². The largest absolute Gasteiger partial charge is 0.462 e. The lowest BCUT2D eigenvalue weighted by molar-refractivity contribution is 0.0342. The summed E-state index contributed by atoms with van der Waals surface area (Å²) in [6.45, 7) is 4.34. The van der Waals surface area contributed by atoms with E-state index in [0.717, 1.165) is 60.9 Å². The minimum Gasteiger partial charge on any atom is -0.462 e. The van der Waals surface area contributed by atoms with Crippen LogP contribution in [-0.2, 0) is 11.3 Å². The minimum absolute atomic E-state index is 0.784. The predicted octanol–water partition coefficient (Wildman–Crippen LogP) is 2.72. The molecule has 2 aromatic heterocycles. The third-order valence-electron chi connectivity index (χ3n) is 3.93.